The van der Waals surface area contributed by atoms with Crippen LogP contribution >= 0.6 is 0 Å². The van der Waals surface area contributed by atoms with E-state index in [2.05, 4.69) is 18.4 Å². The van der Waals surface area contributed by atoms with Crippen LogP contribution in [0.3, 0.4) is 0 Å². The standard InChI is InChI=1S/C11H23NO3Si/c1-3-12-5-7-14-16(2)8-4-6-13-10-11(9-12)15-16/h11H,3-10H2,1-2H3. The molecule has 0 aromatic carbocycles. The van der Waals surface area contributed by atoms with Gasteiger partial charge in [0.15, 0.2) is 0 Å². The highest BCUT2D eigenvalue weighted by molar-refractivity contribution is 6.66. The van der Waals surface area contributed by atoms with Crippen molar-refractivity contribution in [3.05, 3.63) is 0 Å². The maximum absolute atomic E-state index is 6.20. The molecular weight excluding hydrogens is 222 g/mol. The summed E-state index contributed by atoms with van der Waals surface area (Å²) in [5.41, 5.74) is 0. The molecule has 94 valence electrons. The van der Waals surface area contributed by atoms with Crippen molar-refractivity contribution in [3.8, 4) is 0 Å². The molecule has 0 radical (unpaired) electrons. The average Bonchev–Trinajstić information content (AvgIpc) is 2.20. The quantitative estimate of drug-likeness (QED) is 0.650. The third kappa shape index (κ3) is 3.27. The second-order valence-corrected chi connectivity index (χ2v) is 8.09. The average molecular weight is 245 g/mol. The highest BCUT2D eigenvalue weighted by Crippen LogP contribution is 2.22. The van der Waals surface area contributed by atoms with E-state index in [0.29, 0.717) is 0 Å². The Morgan fingerprint density at radius 3 is 3.06 bits per heavy atom. The van der Waals surface area contributed by atoms with Crippen molar-refractivity contribution in [3.63, 3.8) is 0 Å². The summed E-state index contributed by atoms with van der Waals surface area (Å²) >= 11 is 0. The Morgan fingerprint density at radius 2 is 2.25 bits per heavy atom. The van der Waals surface area contributed by atoms with Gasteiger partial charge in [0.05, 0.1) is 12.7 Å². The van der Waals surface area contributed by atoms with E-state index in [9.17, 15) is 0 Å². The first-order chi connectivity index (χ1) is 7.72. The first-order valence-corrected chi connectivity index (χ1v) is 8.86. The lowest BCUT2D eigenvalue weighted by Crippen LogP contribution is -2.52. The van der Waals surface area contributed by atoms with Crippen molar-refractivity contribution in [1.29, 1.82) is 0 Å². The van der Waals surface area contributed by atoms with Gasteiger partial charge in [0.1, 0.15) is 0 Å². The Kier molecular flexibility index (Phi) is 4.38. The van der Waals surface area contributed by atoms with Crippen LogP contribution in [0.15, 0.2) is 0 Å². The normalized spacial score (nSPS) is 38.2. The summed E-state index contributed by atoms with van der Waals surface area (Å²) in [5.74, 6) is 0. The fourth-order valence-electron chi connectivity index (χ4n) is 2.41. The Morgan fingerprint density at radius 1 is 1.38 bits per heavy atom. The van der Waals surface area contributed by atoms with Crippen LogP contribution in [0, 0.1) is 0 Å². The zero-order valence-corrected chi connectivity index (χ0v) is 11.4. The third-order valence-electron chi connectivity index (χ3n) is 3.36. The molecule has 0 aromatic rings. The predicted octanol–water partition coefficient (Wildman–Crippen LogP) is 1.22. The van der Waals surface area contributed by atoms with E-state index in [1.807, 2.05) is 0 Å². The maximum Gasteiger partial charge on any atom is 0.335 e. The first kappa shape index (κ1) is 12.5. The molecule has 2 fully saturated rings. The number of nitrogens with zero attached hydrogens (tertiary/aromatic N) is 1. The molecule has 0 spiro atoms. The second-order valence-electron chi connectivity index (χ2n) is 4.79. The molecule has 2 unspecified atom stereocenters. The Labute approximate surface area is 99.1 Å². The molecule has 5 heteroatoms. The van der Waals surface area contributed by atoms with Crippen LogP contribution in [0.4, 0.5) is 0 Å². The van der Waals surface area contributed by atoms with Crippen LogP contribution in [-0.4, -0.2) is 59.0 Å². The van der Waals surface area contributed by atoms with Gasteiger partial charge < -0.3 is 13.6 Å². The second kappa shape index (κ2) is 5.60. The van der Waals surface area contributed by atoms with E-state index in [0.717, 1.165) is 51.9 Å². The topological polar surface area (TPSA) is 30.9 Å². The molecule has 2 aliphatic rings. The van der Waals surface area contributed by atoms with Gasteiger partial charge >= 0.3 is 8.56 Å². The minimum Gasteiger partial charge on any atom is -0.393 e. The Bertz CT molecular complexity index is 229. The molecule has 2 rings (SSSR count). The number of ether oxygens (including phenoxy) is 1. The molecule has 2 bridgehead atoms. The van der Waals surface area contributed by atoms with E-state index in [1.165, 1.54) is 0 Å². The van der Waals surface area contributed by atoms with Gasteiger partial charge in [-0.2, -0.15) is 0 Å². The summed E-state index contributed by atoms with van der Waals surface area (Å²) in [6, 6.07) is 1.07. The van der Waals surface area contributed by atoms with Gasteiger partial charge in [0.25, 0.3) is 0 Å². The molecule has 16 heavy (non-hydrogen) atoms. The number of rotatable bonds is 1. The van der Waals surface area contributed by atoms with Gasteiger partial charge in [-0.3, -0.25) is 4.90 Å². The Balaban J connectivity index is 2.02. The van der Waals surface area contributed by atoms with Crippen molar-refractivity contribution < 1.29 is 13.6 Å². The van der Waals surface area contributed by atoms with E-state index in [4.69, 9.17) is 13.6 Å². The largest absolute Gasteiger partial charge is 0.393 e. The highest BCUT2D eigenvalue weighted by Gasteiger charge is 2.37. The smallest absolute Gasteiger partial charge is 0.335 e. The van der Waals surface area contributed by atoms with Crippen molar-refractivity contribution >= 4 is 8.56 Å². The summed E-state index contributed by atoms with van der Waals surface area (Å²) in [6.45, 7) is 9.86. The number of hydrogen-bond acceptors (Lipinski definition) is 4. The van der Waals surface area contributed by atoms with E-state index in [1.54, 1.807) is 0 Å². The minimum absolute atomic E-state index is 0.206. The van der Waals surface area contributed by atoms with E-state index >= 15 is 0 Å². The van der Waals surface area contributed by atoms with Gasteiger partial charge in [0.2, 0.25) is 0 Å². The van der Waals surface area contributed by atoms with Crippen molar-refractivity contribution in [2.45, 2.75) is 32.0 Å². The van der Waals surface area contributed by atoms with Crippen molar-refractivity contribution in [2.24, 2.45) is 0 Å². The van der Waals surface area contributed by atoms with Gasteiger partial charge in [-0.25, -0.2) is 0 Å². The van der Waals surface area contributed by atoms with Crippen LogP contribution in [0.25, 0.3) is 0 Å². The summed E-state index contributed by atoms with van der Waals surface area (Å²) in [4.78, 5) is 2.38. The minimum atomic E-state index is -1.90. The molecule has 4 nitrogen and oxygen atoms in total. The molecule has 0 amide bonds. The number of likely N-dealkylation sites (N-methyl/N-ethyl adjacent to an activating group) is 1. The van der Waals surface area contributed by atoms with E-state index in [-0.39, 0.29) is 6.10 Å². The number of fused-ring (bicyclic) bond motifs is 2. The van der Waals surface area contributed by atoms with Gasteiger partial charge in [-0.05, 0) is 25.6 Å². The van der Waals surface area contributed by atoms with Crippen LogP contribution in [0.1, 0.15) is 13.3 Å². The molecule has 2 saturated heterocycles. The van der Waals surface area contributed by atoms with Crippen LogP contribution < -0.4 is 0 Å². The van der Waals surface area contributed by atoms with Crippen molar-refractivity contribution in [1.82, 2.24) is 4.90 Å². The monoisotopic (exact) mass is 245 g/mol. The predicted molar refractivity (Wildman–Crippen MR) is 64.8 cm³/mol. The summed E-state index contributed by atoms with van der Waals surface area (Å²) in [5, 5.41) is 0. The van der Waals surface area contributed by atoms with Crippen LogP contribution in [0.5, 0.6) is 0 Å². The first-order valence-electron chi connectivity index (χ1n) is 6.34. The number of hydrogen-bond donors (Lipinski definition) is 0. The maximum atomic E-state index is 6.20. The van der Waals surface area contributed by atoms with Gasteiger partial charge in [-0.1, -0.05) is 6.92 Å². The van der Waals surface area contributed by atoms with E-state index < -0.39 is 8.56 Å². The summed E-state index contributed by atoms with van der Waals surface area (Å²) in [7, 11) is -1.90. The third-order valence-corrected chi connectivity index (χ3v) is 6.27. The van der Waals surface area contributed by atoms with Gasteiger partial charge in [-0.15, -0.1) is 0 Å². The Hall–Kier alpha value is 0.0569. The zero-order chi connectivity index (χ0) is 11.4. The molecular formula is C11H23NO3Si. The molecule has 0 aromatic heterocycles. The highest BCUT2D eigenvalue weighted by atomic mass is 28.4. The summed E-state index contributed by atoms with van der Waals surface area (Å²) < 4.78 is 17.8. The lowest BCUT2D eigenvalue weighted by atomic mass is 10.3. The fraction of sp³-hybridized carbons (Fsp3) is 1.00. The van der Waals surface area contributed by atoms with Crippen molar-refractivity contribution in [2.75, 3.05) is 39.5 Å². The van der Waals surface area contributed by atoms with Crippen LogP contribution in [-0.2, 0) is 13.6 Å². The molecule has 2 atom stereocenters. The van der Waals surface area contributed by atoms with Gasteiger partial charge in [0, 0.05) is 26.3 Å². The van der Waals surface area contributed by atoms with Crippen LogP contribution in [0.2, 0.25) is 12.6 Å². The molecule has 0 aliphatic carbocycles. The fourth-order valence-corrected chi connectivity index (χ4v) is 4.90. The summed E-state index contributed by atoms with van der Waals surface area (Å²) in [6.07, 6.45) is 1.28. The SMILES string of the molecule is CCN1CCO[Si]2(C)CCCOCC(C1)O2. The lowest BCUT2D eigenvalue weighted by molar-refractivity contribution is -0.0181. The molecule has 0 N–H and O–H groups in total. The molecule has 2 aliphatic heterocycles. The zero-order valence-electron chi connectivity index (χ0n) is 10.4. The molecule has 2 heterocycles. The molecule has 0 saturated carbocycles. The lowest BCUT2D eigenvalue weighted by Gasteiger charge is -2.39.